The number of hydrogen-bond donors (Lipinski definition) is 0. The summed E-state index contributed by atoms with van der Waals surface area (Å²) in [6.45, 7) is 7.82. The van der Waals surface area contributed by atoms with Crippen LogP contribution >= 0.6 is 11.6 Å². The van der Waals surface area contributed by atoms with E-state index in [4.69, 9.17) is 25.8 Å². The van der Waals surface area contributed by atoms with E-state index in [1.807, 2.05) is 57.2 Å². The first kappa shape index (κ1) is 18.2. The van der Waals surface area contributed by atoms with Gasteiger partial charge in [0.2, 0.25) is 0 Å². The number of halogens is 1. The maximum absolute atomic E-state index is 5.88. The van der Waals surface area contributed by atoms with Crippen LogP contribution in [0, 0.1) is 0 Å². The third kappa shape index (κ3) is 7.63. The monoisotopic (exact) mass is 312 g/mol. The Morgan fingerprint density at radius 3 is 2.05 bits per heavy atom. The van der Waals surface area contributed by atoms with Crippen LogP contribution in [0.5, 0.6) is 0 Å². The molecule has 0 fully saturated rings. The van der Waals surface area contributed by atoms with Gasteiger partial charge in [0.15, 0.2) is 6.29 Å². The smallest absolute Gasteiger partial charge is 0.160 e. The van der Waals surface area contributed by atoms with Crippen LogP contribution in [-0.2, 0) is 14.2 Å². The lowest BCUT2D eigenvalue weighted by Crippen LogP contribution is -2.24. The van der Waals surface area contributed by atoms with E-state index in [-0.39, 0.29) is 12.4 Å². The fraction of sp³-hybridized carbons (Fsp3) is 0.529. The van der Waals surface area contributed by atoms with Gasteiger partial charge in [-0.1, -0.05) is 35.9 Å². The molecule has 4 heteroatoms. The van der Waals surface area contributed by atoms with Crippen LogP contribution in [0.4, 0.5) is 0 Å². The van der Waals surface area contributed by atoms with Gasteiger partial charge in [-0.05, 0) is 38.5 Å². The van der Waals surface area contributed by atoms with E-state index < -0.39 is 0 Å². The molecule has 0 saturated heterocycles. The predicted octanol–water partition coefficient (Wildman–Crippen LogP) is 4.55. The predicted molar refractivity (Wildman–Crippen MR) is 87.6 cm³/mol. The van der Waals surface area contributed by atoms with E-state index in [0.29, 0.717) is 26.2 Å². The molecule has 0 saturated carbocycles. The van der Waals surface area contributed by atoms with Gasteiger partial charge in [-0.25, -0.2) is 0 Å². The second-order valence-corrected chi connectivity index (χ2v) is 4.92. The minimum absolute atomic E-state index is 0.0335. The van der Waals surface area contributed by atoms with Crippen LogP contribution < -0.4 is 0 Å². The second kappa shape index (κ2) is 10.8. The Hall–Kier alpha value is -0.870. The number of benzene rings is 1. The third-order valence-corrected chi connectivity index (χ3v) is 3.14. The van der Waals surface area contributed by atoms with Crippen molar-refractivity contribution in [3.05, 3.63) is 40.9 Å². The summed E-state index contributed by atoms with van der Waals surface area (Å²) < 4.78 is 16.9. The maximum atomic E-state index is 5.88. The molecule has 1 rings (SSSR count). The van der Waals surface area contributed by atoms with Gasteiger partial charge in [0.25, 0.3) is 0 Å². The van der Waals surface area contributed by atoms with E-state index in [9.17, 15) is 0 Å². The summed E-state index contributed by atoms with van der Waals surface area (Å²) in [5.41, 5.74) is 1.09. The molecule has 3 nitrogen and oxygen atoms in total. The molecule has 1 aromatic rings. The molecule has 0 amide bonds. The van der Waals surface area contributed by atoms with Crippen molar-refractivity contribution in [1.29, 1.82) is 0 Å². The largest absolute Gasteiger partial charge is 0.374 e. The van der Waals surface area contributed by atoms with Crippen LogP contribution in [0.3, 0.4) is 0 Å². The molecule has 21 heavy (non-hydrogen) atoms. The highest BCUT2D eigenvalue weighted by molar-refractivity contribution is 6.30. The van der Waals surface area contributed by atoms with Gasteiger partial charge in [-0.15, -0.1) is 0 Å². The highest BCUT2D eigenvalue weighted by Gasteiger charge is 2.15. The summed E-state index contributed by atoms with van der Waals surface area (Å²) in [5, 5.41) is 0.737. The quantitative estimate of drug-likeness (QED) is 0.593. The van der Waals surface area contributed by atoms with Crippen molar-refractivity contribution in [2.24, 2.45) is 0 Å². The average molecular weight is 313 g/mol. The average Bonchev–Trinajstić information content (AvgIpc) is 2.47. The summed E-state index contributed by atoms with van der Waals surface area (Å²) in [5.74, 6) is 0. The second-order valence-electron chi connectivity index (χ2n) is 4.48. The Morgan fingerprint density at radius 1 is 0.952 bits per heavy atom. The van der Waals surface area contributed by atoms with E-state index in [2.05, 4.69) is 0 Å². The molecule has 0 spiro atoms. The molecule has 0 heterocycles. The number of rotatable bonds is 10. The lowest BCUT2D eigenvalue weighted by atomic mass is 10.1. The summed E-state index contributed by atoms with van der Waals surface area (Å²) >= 11 is 5.88. The van der Waals surface area contributed by atoms with Crippen LogP contribution in [-0.4, -0.2) is 32.2 Å². The van der Waals surface area contributed by atoms with Crippen molar-refractivity contribution in [2.75, 3.05) is 19.8 Å². The van der Waals surface area contributed by atoms with Gasteiger partial charge < -0.3 is 14.2 Å². The maximum Gasteiger partial charge on any atom is 0.160 e. The summed E-state index contributed by atoms with van der Waals surface area (Å²) in [4.78, 5) is 0. The first-order valence-electron chi connectivity index (χ1n) is 7.48. The van der Waals surface area contributed by atoms with Crippen molar-refractivity contribution < 1.29 is 14.2 Å². The van der Waals surface area contributed by atoms with Crippen LogP contribution in [0.15, 0.2) is 30.3 Å². The number of hydrogen-bond acceptors (Lipinski definition) is 3. The molecule has 1 aromatic carbocycles. The fourth-order valence-corrected chi connectivity index (χ4v) is 2.08. The van der Waals surface area contributed by atoms with Gasteiger partial charge in [0.05, 0.1) is 6.10 Å². The summed E-state index contributed by atoms with van der Waals surface area (Å²) in [6, 6.07) is 7.70. The molecular weight excluding hydrogens is 288 g/mol. The minimum Gasteiger partial charge on any atom is -0.374 e. The molecule has 1 atom stereocenters. The Balaban J connectivity index is 2.64. The van der Waals surface area contributed by atoms with Gasteiger partial charge >= 0.3 is 0 Å². The van der Waals surface area contributed by atoms with Gasteiger partial charge in [0.1, 0.15) is 0 Å². The van der Waals surface area contributed by atoms with E-state index in [0.717, 1.165) is 10.6 Å². The zero-order chi connectivity index (χ0) is 15.5. The molecule has 0 aromatic heterocycles. The minimum atomic E-state index is -0.230. The molecule has 1 unspecified atom stereocenters. The molecule has 0 aliphatic carbocycles. The normalized spacial score (nSPS) is 13.2. The van der Waals surface area contributed by atoms with Crippen molar-refractivity contribution in [3.8, 4) is 0 Å². The topological polar surface area (TPSA) is 27.7 Å². The Morgan fingerprint density at radius 2 is 1.52 bits per heavy atom. The molecular formula is C17H25ClO3. The Labute approximate surface area is 132 Å². The highest BCUT2D eigenvalue weighted by atomic mass is 35.5. The number of ether oxygens (including phenoxy) is 3. The Bertz CT molecular complexity index is 397. The fourth-order valence-electron chi connectivity index (χ4n) is 1.95. The Kier molecular flexibility index (Phi) is 9.35. The van der Waals surface area contributed by atoms with E-state index >= 15 is 0 Å². The van der Waals surface area contributed by atoms with Gasteiger partial charge in [-0.2, -0.15) is 0 Å². The van der Waals surface area contributed by atoms with Crippen molar-refractivity contribution in [2.45, 2.75) is 39.6 Å². The summed E-state index contributed by atoms with van der Waals surface area (Å²) in [7, 11) is 0. The van der Waals surface area contributed by atoms with Gasteiger partial charge in [-0.3, -0.25) is 0 Å². The van der Waals surface area contributed by atoms with Crippen molar-refractivity contribution >= 4 is 17.7 Å². The van der Waals surface area contributed by atoms with E-state index in [1.165, 1.54) is 0 Å². The van der Waals surface area contributed by atoms with E-state index in [1.54, 1.807) is 0 Å². The van der Waals surface area contributed by atoms with Crippen LogP contribution in [0.2, 0.25) is 5.02 Å². The van der Waals surface area contributed by atoms with Gasteiger partial charge in [0, 0.05) is 31.3 Å². The lowest BCUT2D eigenvalue weighted by Gasteiger charge is -2.21. The first-order valence-corrected chi connectivity index (χ1v) is 7.85. The molecule has 118 valence electrons. The third-order valence-electron chi connectivity index (χ3n) is 2.88. The molecule has 0 aliphatic heterocycles. The molecule has 0 N–H and O–H groups in total. The van der Waals surface area contributed by atoms with Crippen molar-refractivity contribution in [3.63, 3.8) is 0 Å². The summed E-state index contributed by atoms with van der Waals surface area (Å²) in [6.07, 6.45) is 4.49. The highest BCUT2D eigenvalue weighted by Crippen LogP contribution is 2.14. The van der Waals surface area contributed by atoms with Crippen LogP contribution in [0.1, 0.15) is 32.8 Å². The SMILES string of the molecule is CCOC(C=Cc1ccc(Cl)cc1)CC(OCC)OCC. The van der Waals surface area contributed by atoms with Crippen LogP contribution in [0.25, 0.3) is 6.08 Å². The molecule has 0 radical (unpaired) electrons. The lowest BCUT2D eigenvalue weighted by molar-refractivity contribution is -0.152. The first-order chi connectivity index (χ1) is 10.2. The molecule has 0 aliphatic rings. The zero-order valence-corrected chi connectivity index (χ0v) is 13.8. The standard InChI is InChI=1S/C17H25ClO3/c1-4-19-16(13-17(20-5-2)21-6-3)12-9-14-7-10-15(18)11-8-14/h7-12,16-17H,4-6,13H2,1-3H3. The van der Waals surface area contributed by atoms with Crippen molar-refractivity contribution in [1.82, 2.24) is 0 Å². The zero-order valence-electron chi connectivity index (χ0n) is 13.0. The molecule has 0 bridgehead atoms.